The molecule has 1 aromatic carbocycles. The summed E-state index contributed by atoms with van der Waals surface area (Å²) in [6, 6.07) is 6.73. The van der Waals surface area contributed by atoms with E-state index in [0.29, 0.717) is 0 Å². The van der Waals surface area contributed by atoms with Crippen molar-refractivity contribution in [1.29, 1.82) is 0 Å². The van der Waals surface area contributed by atoms with E-state index in [1.54, 1.807) is 32.1 Å². The number of primary amides is 1. The van der Waals surface area contributed by atoms with Gasteiger partial charge in [0.1, 0.15) is 6.04 Å². The van der Waals surface area contributed by atoms with Gasteiger partial charge in [-0.05, 0) is 24.5 Å². The molecule has 1 aliphatic heterocycles. The van der Waals surface area contributed by atoms with Crippen LogP contribution >= 0.6 is 11.3 Å². The lowest BCUT2D eigenvalue weighted by molar-refractivity contribution is -0.150. The Morgan fingerprint density at radius 2 is 1.94 bits per heavy atom. The van der Waals surface area contributed by atoms with Crippen LogP contribution in [0.5, 0.6) is 0 Å². The first-order chi connectivity index (χ1) is 16.4. The SMILES string of the molecule is CCc1ncsc1-c1ccc([C@H](C)NC(=O)[C@@H]2C[C@@H](O)CN2C(=O)C(OC(N)=O)C(C)(C)C)cc1. The monoisotopic (exact) mass is 502 g/mol. The number of benzene rings is 1. The third kappa shape index (κ3) is 6.18. The molecule has 4 N–H and O–H groups in total. The molecule has 3 amide bonds. The molecule has 2 aromatic rings. The molecule has 0 spiro atoms. The van der Waals surface area contributed by atoms with E-state index in [2.05, 4.69) is 17.2 Å². The van der Waals surface area contributed by atoms with Gasteiger partial charge in [-0.25, -0.2) is 9.78 Å². The number of nitrogens with zero attached hydrogens (tertiary/aromatic N) is 2. The molecule has 0 saturated carbocycles. The van der Waals surface area contributed by atoms with Gasteiger partial charge in [-0.1, -0.05) is 52.0 Å². The number of nitrogens with two attached hydrogens (primary N) is 1. The molecule has 0 radical (unpaired) electrons. The van der Waals surface area contributed by atoms with E-state index in [9.17, 15) is 19.5 Å². The smallest absolute Gasteiger partial charge is 0.405 e. The third-order valence-corrected chi connectivity index (χ3v) is 7.04. The fourth-order valence-corrected chi connectivity index (χ4v) is 5.13. The molecule has 1 saturated heterocycles. The van der Waals surface area contributed by atoms with Crippen LogP contribution in [0.4, 0.5) is 4.79 Å². The molecule has 0 bridgehead atoms. The highest BCUT2D eigenvalue weighted by Crippen LogP contribution is 2.30. The van der Waals surface area contributed by atoms with Gasteiger partial charge >= 0.3 is 6.09 Å². The number of carbonyl (C=O) groups is 3. The number of aliphatic hydroxyl groups excluding tert-OH is 1. The fourth-order valence-electron chi connectivity index (χ4n) is 4.24. The second-order valence-corrected chi connectivity index (χ2v) is 10.8. The van der Waals surface area contributed by atoms with Gasteiger partial charge in [-0.15, -0.1) is 11.3 Å². The summed E-state index contributed by atoms with van der Waals surface area (Å²) in [6.07, 6.45) is -2.14. The van der Waals surface area contributed by atoms with Crippen LogP contribution in [-0.4, -0.2) is 57.7 Å². The third-order valence-electron chi connectivity index (χ3n) is 6.12. The van der Waals surface area contributed by atoms with Crippen molar-refractivity contribution in [2.75, 3.05) is 6.54 Å². The maximum Gasteiger partial charge on any atom is 0.405 e. The molecule has 3 rings (SSSR count). The van der Waals surface area contributed by atoms with Gasteiger partial charge < -0.3 is 25.8 Å². The molecule has 1 fully saturated rings. The highest BCUT2D eigenvalue weighted by atomic mass is 32.1. The van der Waals surface area contributed by atoms with Crippen molar-refractivity contribution in [1.82, 2.24) is 15.2 Å². The van der Waals surface area contributed by atoms with E-state index in [4.69, 9.17) is 10.5 Å². The highest BCUT2D eigenvalue weighted by molar-refractivity contribution is 7.13. The normalized spacial score (nSPS) is 19.8. The number of aliphatic hydroxyl groups is 1. The summed E-state index contributed by atoms with van der Waals surface area (Å²) < 4.78 is 5.09. The predicted molar refractivity (Wildman–Crippen MR) is 134 cm³/mol. The first-order valence-corrected chi connectivity index (χ1v) is 12.6. The first-order valence-electron chi connectivity index (χ1n) is 11.7. The molecule has 0 aliphatic carbocycles. The summed E-state index contributed by atoms with van der Waals surface area (Å²) in [5.74, 6) is -0.935. The maximum absolute atomic E-state index is 13.2. The van der Waals surface area contributed by atoms with Crippen LogP contribution in [0.2, 0.25) is 0 Å². The average Bonchev–Trinajstić information content (AvgIpc) is 3.42. The van der Waals surface area contributed by atoms with E-state index in [1.165, 1.54) is 4.90 Å². The molecule has 1 unspecified atom stereocenters. The summed E-state index contributed by atoms with van der Waals surface area (Å²) in [6.45, 7) is 9.12. The highest BCUT2D eigenvalue weighted by Gasteiger charge is 2.45. The number of hydrogen-bond donors (Lipinski definition) is 3. The molecule has 1 aliphatic rings. The number of β-amino-alcohol motifs (C(OH)–C–C–N with tert-alkyl or cyclic N) is 1. The molecule has 2 heterocycles. The summed E-state index contributed by atoms with van der Waals surface area (Å²) in [4.78, 5) is 44.6. The average molecular weight is 503 g/mol. The minimum Gasteiger partial charge on any atom is -0.436 e. The number of rotatable bonds is 7. The molecule has 35 heavy (non-hydrogen) atoms. The number of likely N-dealkylation sites (tertiary alicyclic amines) is 1. The van der Waals surface area contributed by atoms with Crippen molar-refractivity contribution in [3.8, 4) is 10.4 Å². The summed E-state index contributed by atoms with van der Waals surface area (Å²) in [5.41, 5.74) is 9.31. The Hall–Kier alpha value is -2.98. The maximum atomic E-state index is 13.2. The lowest BCUT2D eigenvalue weighted by Gasteiger charge is -2.34. The van der Waals surface area contributed by atoms with Crippen LogP contribution in [0.15, 0.2) is 29.8 Å². The van der Waals surface area contributed by atoms with E-state index in [0.717, 1.165) is 28.1 Å². The quantitative estimate of drug-likeness (QED) is 0.533. The van der Waals surface area contributed by atoms with Gasteiger partial charge in [-0.2, -0.15) is 0 Å². The minimum atomic E-state index is -1.18. The topological polar surface area (TPSA) is 135 Å². The Morgan fingerprint density at radius 1 is 1.29 bits per heavy atom. The van der Waals surface area contributed by atoms with Gasteiger partial charge in [0.25, 0.3) is 5.91 Å². The fraction of sp³-hybridized carbons (Fsp3) is 0.520. The van der Waals surface area contributed by atoms with Gasteiger partial charge in [0.2, 0.25) is 5.91 Å². The zero-order valence-corrected chi connectivity index (χ0v) is 21.6. The van der Waals surface area contributed by atoms with E-state index >= 15 is 0 Å². The van der Waals surface area contributed by atoms with Crippen molar-refractivity contribution >= 4 is 29.2 Å². The van der Waals surface area contributed by atoms with Gasteiger partial charge in [0.15, 0.2) is 6.10 Å². The summed E-state index contributed by atoms with van der Waals surface area (Å²) >= 11 is 1.60. The predicted octanol–water partition coefficient (Wildman–Crippen LogP) is 3.02. The number of carbonyl (C=O) groups excluding carboxylic acids is 3. The van der Waals surface area contributed by atoms with Crippen LogP contribution in [-0.2, 0) is 20.7 Å². The molecular weight excluding hydrogens is 468 g/mol. The van der Waals surface area contributed by atoms with Crippen molar-refractivity contribution in [2.45, 2.75) is 71.8 Å². The Labute approximate surface area is 209 Å². The van der Waals surface area contributed by atoms with Crippen LogP contribution in [0, 0.1) is 5.41 Å². The Balaban J connectivity index is 1.72. The van der Waals surface area contributed by atoms with Crippen molar-refractivity contribution in [3.05, 3.63) is 41.0 Å². The van der Waals surface area contributed by atoms with Crippen LogP contribution < -0.4 is 11.1 Å². The van der Waals surface area contributed by atoms with Gasteiger partial charge in [-0.3, -0.25) is 9.59 Å². The number of thiazole rings is 1. The number of nitrogens with one attached hydrogen (secondary N) is 1. The molecule has 1 aromatic heterocycles. The van der Waals surface area contributed by atoms with Crippen molar-refractivity contribution in [2.24, 2.45) is 11.1 Å². The van der Waals surface area contributed by atoms with E-state index in [1.807, 2.05) is 36.7 Å². The lowest BCUT2D eigenvalue weighted by Crippen LogP contribution is -2.53. The number of amides is 3. The Kier molecular flexibility index (Phi) is 8.17. The largest absolute Gasteiger partial charge is 0.436 e. The molecule has 10 heteroatoms. The minimum absolute atomic E-state index is 0.0245. The number of ether oxygens (including phenoxy) is 1. The Bertz CT molecular complexity index is 1060. The molecule has 190 valence electrons. The zero-order chi connectivity index (χ0) is 25.9. The van der Waals surface area contributed by atoms with Crippen molar-refractivity contribution in [3.63, 3.8) is 0 Å². The number of hydrogen-bond acceptors (Lipinski definition) is 7. The summed E-state index contributed by atoms with van der Waals surface area (Å²) in [5, 5.41) is 13.2. The van der Waals surface area contributed by atoms with E-state index < -0.39 is 35.7 Å². The Morgan fingerprint density at radius 3 is 2.51 bits per heavy atom. The van der Waals surface area contributed by atoms with Crippen LogP contribution in [0.3, 0.4) is 0 Å². The molecule has 9 nitrogen and oxygen atoms in total. The standard InChI is InChI=1S/C25H34N4O5S/c1-6-18-20(35-13-27-18)16-9-7-15(8-10-16)14(2)28-22(31)19-11-17(30)12-29(19)23(32)21(25(3,4)5)34-24(26)33/h7-10,13-14,17,19,21,30H,6,11-12H2,1-5H3,(H2,26,33)(H,28,31)/t14-,17+,19-,21?/m0/s1. The second-order valence-electron chi connectivity index (χ2n) is 9.91. The number of aromatic nitrogens is 1. The van der Waals surface area contributed by atoms with E-state index in [-0.39, 0.29) is 24.9 Å². The number of aryl methyl sites for hydroxylation is 1. The zero-order valence-electron chi connectivity index (χ0n) is 20.8. The second kappa shape index (κ2) is 10.7. The van der Waals surface area contributed by atoms with Crippen LogP contribution in [0.25, 0.3) is 10.4 Å². The first kappa shape index (κ1) is 26.6. The summed E-state index contributed by atoms with van der Waals surface area (Å²) in [7, 11) is 0. The molecular formula is C25H34N4O5S. The van der Waals surface area contributed by atoms with Crippen LogP contribution in [0.1, 0.15) is 58.3 Å². The lowest BCUT2D eigenvalue weighted by atomic mass is 9.88. The van der Waals surface area contributed by atoms with Gasteiger partial charge in [0.05, 0.1) is 28.2 Å². The molecule has 4 atom stereocenters. The van der Waals surface area contributed by atoms with Crippen molar-refractivity contribution < 1.29 is 24.2 Å². The van der Waals surface area contributed by atoms with Gasteiger partial charge in [0, 0.05) is 18.4 Å².